The first kappa shape index (κ1) is 17.6. The van der Waals surface area contributed by atoms with E-state index in [1.807, 2.05) is 0 Å². The molecule has 1 aromatic heterocycles. The number of nitrogens with one attached hydrogen (secondary N) is 1. The number of rotatable bonds is 3. The second-order valence-electron chi connectivity index (χ2n) is 6.26. The fraction of sp³-hybridized carbons (Fsp3) is 0.647. The summed E-state index contributed by atoms with van der Waals surface area (Å²) in [5.41, 5.74) is 1.87. The molecule has 1 aliphatic heterocycles. The Bertz CT molecular complexity index is 622. The van der Waals surface area contributed by atoms with Gasteiger partial charge in [0.05, 0.1) is 12.7 Å². The molecule has 0 radical (unpaired) electrons. The van der Waals surface area contributed by atoms with Crippen LogP contribution < -0.4 is 5.32 Å². The van der Waals surface area contributed by atoms with Gasteiger partial charge in [-0.1, -0.05) is 6.92 Å². The van der Waals surface area contributed by atoms with Crippen molar-refractivity contribution in [1.29, 1.82) is 0 Å². The Labute approximate surface area is 153 Å². The van der Waals surface area contributed by atoms with Gasteiger partial charge in [-0.05, 0) is 50.0 Å². The van der Waals surface area contributed by atoms with E-state index in [0.717, 1.165) is 62.1 Å². The van der Waals surface area contributed by atoms with E-state index in [0.29, 0.717) is 5.56 Å². The maximum atomic E-state index is 12.3. The van der Waals surface area contributed by atoms with Crippen LogP contribution in [0.15, 0.2) is 0 Å². The van der Waals surface area contributed by atoms with Gasteiger partial charge in [-0.2, -0.15) is 0 Å². The van der Waals surface area contributed by atoms with E-state index < -0.39 is 0 Å². The minimum Gasteiger partial charge on any atom is -0.465 e. The highest BCUT2D eigenvalue weighted by Crippen LogP contribution is 2.38. The summed E-state index contributed by atoms with van der Waals surface area (Å²) < 4.78 is 5.02. The minimum atomic E-state index is -0.254. The van der Waals surface area contributed by atoms with Crippen LogP contribution in [-0.4, -0.2) is 60.7 Å². The maximum absolute atomic E-state index is 12.3. The molecule has 2 heterocycles. The summed E-state index contributed by atoms with van der Waals surface area (Å²) in [5, 5.41) is 4.92. The van der Waals surface area contributed by atoms with Crippen LogP contribution in [0.1, 0.15) is 40.6 Å². The number of nitrogens with zero attached hydrogens (tertiary/aromatic N) is 2. The second-order valence-corrected chi connectivity index (χ2v) is 7.75. The lowest BCUT2D eigenvalue weighted by molar-refractivity contribution is 0.0601. The van der Waals surface area contributed by atoms with E-state index >= 15 is 0 Å². The Kier molecular flexibility index (Phi) is 5.73. The number of carbonyl (C=O) groups is 1. The van der Waals surface area contributed by atoms with Gasteiger partial charge in [0.15, 0.2) is 5.11 Å². The van der Waals surface area contributed by atoms with E-state index in [-0.39, 0.29) is 5.97 Å². The van der Waals surface area contributed by atoms with E-state index in [9.17, 15) is 4.79 Å². The molecule has 5 nitrogen and oxygen atoms in total. The van der Waals surface area contributed by atoms with Crippen LogP contribution in [0, 0.1) is 0 Å². The third kappa shape index (κ3) is 3.58. The number of fused-ring (bicyclic) bond motifs is 1. The smallest absolute Gasteiger partial charge is 0.341 e. The molecule has 1 aliphatic carbocycles. The van der Waals surface area contributed by atoms with Crippen LogP contribution >= 0.6 is 23.6 Å². The lowest BCUT2D eigenvalue weighted by atomic mass is 9.95. The first-order valence-electron chi connectivity index (χ1n) is 8.65. The van der Waals surface area contributed by atoms with Crippen molar-refractivity contribution in [3.63, 3.8) is 0 Å². The third-order valence-corrected chi connectivity index (χ3v) is 6.46. The van der Waals surface area contributed by atoms with Crippen LogP contribution in [0.4, 0.5) is 5.00 Å². The predicted molar refractivity (Wildman–Crippen MR) is 102 cm³/mol. The van der Waals surface area contributed by atoms with E-state index in [4.69, 9.17) is 17.0 Å². The minimum absolute atomic E-state index is 0.254. The summed E-state index contributed by atoms with van der Waals surface area (Å²) in [7, 11) is 1.45. The number of esters is 1. The number of anilines is 1. The van der Waals surface area contributed by atoms with Crippen LogP contribution in [-0.2, 0) is 17.6 Å². The molecule has 2 aliphatic rings. The molecule has 0 saturated carbocycles. The molecule has 7 heteroatoms. The zero-order chi connectivity index (χ0) is 17.1. The summed E-state index contributed by atoms with van der Waals surface area (Å²) in [6.45, 7) is 7.19. The number of likely N-dealkylation sites (N-methyl/N-ethyl adjacent to an activating group) is 1. The number of ether oxygens (including phenoxy) is 1. The molecule has 1 N–H and O–H groups in total. The molecule has 132 valence electrons. The monoisotopic (exact) mass is 367 g/mol. The summed E-state index contributed by atoms with van der Waals surface area (Å²) >= 11 is 7.27. The first-order valence-corrected chi connectivity index (χ1v) is 9.87. The van der Waals surface area contributed by atoms with E-state index in [1.165, 1.54) is 24.0 Å². The highest BCUT2D eigenvalue weighted by Gasteiger charge is 2.27. The molecule has 0 unspecified atom stereocenters. The average Bonchev–Trinajstić information content (AvgIpc) is 2.98. The SMILES string of the molecule is CCN1CCN(C(=S)Nc2sc3c(c2C(=O)OC)CCCC3)CC1. The molecule has 1 fully saturated rings. The standard InChI is InChI=1S/C17H25N3O2S2/c1-3-19-8-10-20(11-9-19)17(23)18-15-14(16(21)22-2)12-6-4-5-7-13(12)24-15/h3-11H2,1-2H3,(H,18,23). The van der Waals surface area contributed by atoms with Crippen molar-refractivity contribution in [3.05, 3.63) is 16.0 Å². The predicted octanol–water partition coefficient (Wildman–Crippen LogP) is 2.75. The third-order valence-electron chi connectivity index (χ3n) is 4.89. The lowest BCUT2D eigenvalue weighted by Crippen LogP contribution is -2.49. The van der Waals surface area contributed by atoms with Crippen molar-refractivity contribution in [2.75, 3.05) is 45.2 Å². The summed E-state index contributed by atoms with van der Waals surface area (Å²) in [6.07, 6.45) is 4.33. The number of thiocarbonyl (C=S) groups is 1. The summed E-state index contributed by atoms with van der Waals surface area (Å²) in [6, 6.07) is 0. The Balaban J connectivity index is 1.76. The van der Waals surface area contributed by atoms with Crippen molar-refractivity contribution in [2.24, 2.45) is 0 Å². The number of hydrogen-bond donors (Lipinski definition) is 1. The molecule has 0 atom stereocenters. The van der Waals surface area contributed by atoms with Gasteiger partial charge in [-0.25, -0.2) is 4.79 Å². The van der Waals surface area contributed by atoms with Gasteiger partial charge >= 0.3 is 5.97 Å². The molecule has 0 spiro atoms. The molecular weight excluding hydrogens is 342 g/mol. The van der Waals surface area contributed by atoms with E-state index in [1.54, 1.807) is 11.3 Å². The van der Waals surface area contributed by atoms with Gasteiger partial charge in [-0.3, -0.25) is 0 Å². The van der Waals surface area contributed by atoms with Gasteiger partial charge < -0.3 is 19.9 Å². The zero-order valence-corrected chi connectivity index (χ0v) is 16.0. The number of carbonyl (C=O) groups excluding carboxylic acids is 1. The first-order chi connectivity index (χ1) is 11.6. The molecule has 0 aromatic carbocycles. The number of thiophene rings is 1. The zero-order valence-electron chi connectivity index (χ0n) is 14.4. The molecule has 0 bridgehead atoms. The number of methoxy groups -OCH3 is 1. The normalized spacial score (nSPS) is 18.2. The molecule has 3 rings (SSSR count). The Morgan fingerprint density at radius 1 is 1.25 bits per heavy atom. The van der Waals surface area contributed by atoms with Crippen LogP contribution in [0.5, 0.6) is 0 Å². The Morgan fingerprint density at radius 3 is 2.62 bits per heavy atom. The van der Waals surface area contributed by atoms with Crippen molar-refractivity contribution >= 4 is 39.6 Å². The number of hydrogen-bond acceptors (Lipinski definition) is 5. The summed E-state index contributed by atoms with van der Waals surface area (Å²) in [5.74, 6) is -0.254. The molecule has 1 aromatic rings. The summed E-state index contributed by atoms with van der Waals surface area (Å²) in [4.78, 5) is 18.2. The van der Waals surface area contributed by atoms with Gasteiger partial charge in [0, 0.05) is 31.1 Å². The maximum Gasteiger partial charge on any atom is 0.341 e. The molecular formula is C17H25N3O2S2. The van der Waals surface area contributed by atoms with Crippen molar-refractivity contribution in [2.45, 2.75) is 32.6 Å². The van der Waals surface area contributed by atoms with Crippen LogP contribution in [0.3, 0.4) is 0 Å². The van der Waals surface area contributed by atoms with Gasteiger partial charge in [-0.15, -0.1) is 11.3 Å². The van der Waals surface area contributed by atoms with Gasteiger partial charge in [0.2, 0.25) is 0 Å². The highest BCUT2D eigenvalue weighted by molar-refractivity contribution is 7.80. The fourth-order valence-electron chi connectivity index (χ4n) is 3.42. The highest BCUT2D eigenvalue weighted by atomic mass is 32.1. The Hall–Kier alpha value is -1.18. The second kappa shape index (κ2) is 7.80. The largest absolute Gasteiger partial charge is 0.465 e. The van der Waals surface area contributed by atoms with Crippen LogP contribution in [0.25, 0.3) is 0 Å². The average molecular weight is 368 g/mol. The Morgan fingerprint density at radius 2 is 1.96 bits per heavy atom. The van der Waals surface area contributed by atoms with Crippen LogP contribution in [0.2, 0.25) is 0 Å². The quantitative estimate of drug-likeness (QED) is 0.655. The van der Waals surface area contributed by atoms with Gasteiger partial charge in [0.25, 0.3) is 0 Å². The number of piperazine rings is 1. The fourth-order valence-corrected chi connectivity index (χ4v) is 5.04. The van der Waals surface area contributed by atoms with Crippen molar-refractivity contribution in [1.82, 2.24) is 9.80 Å². The lowest BCUT2D eigenvalue weighted by Gasteiger charge is -2.35. The molecule has 24 heavy (non-hydrogen) atoms. The topological polar surface area (TPSA) is 44.8 Å². The molecule has 1 saturated heterocycles. The van der Waals surface area contributed by atoms with Crippen molar-refractivity contribution < 1.29 is 9.53 Å². The number of aryl methyl sites for hydroxylation is 1. The molecule has 0 amide bonds. The van der Waals surface area contributed by atoms with E-state index in [2.05, 4.69) is 22.0 Å². The van der Waals surface area contributed by atoms with Crippen molar-refractivity contribution in [3.8, 4) is 0 Å². The van der Waals surface area contributed by atoms with Gasteiger partial charge in [0.1, 0.15) is 5.00 Å².